The Morgan fingerprint density at radius 3 is 2.62 bits per heavy atom. The van der Waals surface area contributed by atoms with Gasteiger partial charge in [0.15, 0.2) is 0 Å². The summed E-state index contributed by atoms with van der Waals surface area (Å²) >= 11 is 3.30. The highest BCUT2D eigenvalue weighted by molar-refractivity contribution is 9.10. The predicted molar refractivity (Wildman–Crippen MR) is 90.9 cm³/mol. The van der Waals surface area contributed by atoms with Crippen LogP contribution in [0.4, 0.5) is 0 Å². The van der Waals surface area contributed by atoms with Crippen molar-refractivity contribution < 1.29 is 13.2 Å². The molecule has 1 aliphatic heterocycles. The number of pyridine rings is 1. The van der Waals surface area contributed by atoms with Gasteiger partial charge in [-0.3, -0.25) is 0 Å². The summed E-state index contributed by atoms with van der Waals surface area (Å²) in [5, 5.41) is 8.80. The summed E-state index contributed by atoms with van der Waals surface area (Å²) in [6.45, 7) is 0.670. The largest absolute Gasteiger partial charge is 0.473 e. The van der Waals surface area contributed by atoms with Crippen LogP contribution in [0.15, 0.2) is 52.0 Å². The molecule has 2 aromatic rings. The molecule has 0 spiro atoms. The highest BCUT2D eigenvalue weighted by Gasteiger charge is 2.33. The fourth-order valence-electron chi connectivity index (χ4n) is 2.47. The van der Waals surface area contributed by atoms with E-state index in [1.165, 1.54) is 28.6 Å². The van der Waals surface area contributed by atoms with Gasteiger partial charge in [0.05, 0.1) is 23.1 Å². The number of rotatable bonds is 4. The second-order valence-electron chi connectivity index (χ2n) is 5.34. The summed E-state index contributed by atoms with van der Waals surface area (Å²) in [4.78, 5) is 4.32. The van der Waals surface area contributed by atoms with Crippen LogP contribution in [0.25, 0.3) is 0 Å². The first-order valence-corrected chi connectivity index (χ1v) is 9.51. The number of aromatic nitrogens is 1. The Labute approximate surface area is 148 Å². The predicted octanol–water partition coefficient (Wildman–Crippen LogP) is 2.56. The van der Waals surface area contributed by atoms with Crippen molar-refractivity contribution in [2.24, 2.45) is 0 Å². The third kappa shape index (κ3) is 3.59. The van der Waals surface area contributed by atoms with Gasteiger partial charge in [0.2, 0.25) is 15.9 Å². The van der Waals surface area contributed by atoms with Crippen LogP contribution in [0, 0.1) is 11.3 Å². The molecular formula is C16H14BrN3O3S. The SMILES string of the molecule is N#Cc1ccc(S(=O)(=O)N2CCC(Oc3ccc(Br)cn3)C2)cc1. The fraction of sp³-hybridized carbons (Fsp3) is 0.250. The first-order chi connectivity index (χ1) is 11.5. The zero-order valence-corrected chi connectivity index (χ0v) is 15.0. The van der Waals surface area contributed by atoms with E-state index in [9.17, 15) is 8.42 Å². The van der Waals surface area contributed by atoms with Gasteiger partial charge in [-0.15, -0.1) is 0 Å². The number of nitriles is 1. The van der Waals surface area contributed by atoms with Gasteiger partial charge in [0.1, 0.15) is 6.10 Å². The monoisotopic (exact) mass is 407 g/mol. The van der Waals surface area contributed by atoms with Crippen molar-refractivity contribution in [3.63, 3.8) is 0 Å². The van der Waals surface area contributed by atoms with Crippen LogP contribution in [0.2, 0.25) is 0 Å². The highest BCUT2D eigenvalue weighted by atomic mass is 79.9. The number of ether oxygens (including phenoxy) is 1. The van der Waals surface area contributed by atoms with Crippen molar-refractivity contribution in [2.45, 2.75) is 17.4 Å². The summed E-state index contributed by atoms with van der Waals surface area (Å²) in [6.07, 6.45) is 2.01. The average Bonchev–Trinajstić information content (AvgIpc) is 3.06. The molecule has 1 aliphatic rings. The van der Waals surface area contributed by atoms with Crippen molar-refractivity contribution in [1.29, 1.82) is 5.26 Å². The number of nitrogens with zero attached hydrogens (tertiary/aromatic N) is 3. The van der Waals surface area contributed by atoms with E-state index >= 15 is 0 Å². The molecule has 124 valence electrons. The molecule has 8 heteroatoms. The Kier molecular flexibility index (Phi) is 4.85. The minimum atomic E-state index is -3.58. The molecule has 0 amide bonds. The molecule has 1 aromatic heterocycles. The molecule has 3 rings (SSSR count). The van der Waals surface area contributed by atoms with Gasteiger partial charge < -0.3 is 4.74 Å². The van der Waals surface area contributed by atoms with E-state index in [0.29, 0.717) is 24.4 Å². The molecule has 24 heavy (non-hydrogen) atoms. The van der Waals surface area contributed by atoms with Gasteiger partial charge in [0, 0.05) is 23.3 Å². The smallest absolute Gasteiger partial charge is 0.243 e. The topological polar surface area (TPSA) is 83.3 Å². The minimum Gasteiger partial charge on any atom is -0.473 e. The molecule has 1 aromatic carbocycles. The van der Waals surface area contributed by atoms with Crippen LogP contribution >= 0.6 is 15.9 Å². The van der Waals surface area contributed by atoms with Gasteiger partial charge >= 0.3 is 0 Å². The molecule has 1 fully saturated rings. The molecular weight excluding hydrogens is 394 g/mol. The summed E-state index contributed by atoms with van der Waals surface area (Å²) in [6, 6.07) is 11.5. The van der Waals surface area contributed by atoms with Crippen molar-refractivity contribution in [2.75, 3.05) is 13.1 Å². The lowest BCUT2D eigenvalue weighted by Gasteiger charge is -2.17. The number of halogens is 1. The Balaban J connectivity index is 1.69. The fourth-order valence-corrected chi connectivity index (χ4v) is 4.19. The quantitative estimate of drug-likeness (QED) is 0.777. The van der Waals surface area contributed by atoms with Crippen molar-refractivity contribution >= 4 is 26.0 Å². The summed E-state index contributed by atoms with van der Waals surface area (Å²) in [7, 11) is -3.58. The Morgan fingerprint density at radius 1 is 1.25 bits per heavy atom. The lowest BCUT2D eigenvalue weighted by molar-refractivity contribution is 0.207. The molecule has 0 bridgehead atoms. The van der Waals surface area contributed by atoms with Gasteiger partial charge in [-0.25, -0.2) is 13.4 Å². The second-order valence-corrected chi connectivity index (χ2v) is 8.20. The van der Waals surface area contributed by atoms with Crippen LogP contribution in [0.5, 0.6) is 5.88 Å². The van der Waals surface area contributed by atoms with E-state index < -0.39 is 10.0 Å². The summed E-state index contributed by atoms with van der Waals surface area (Å²) < 4.78 is 33.3. The maximum absolute atomic E-state index is 12.6. The van der Waals surface area contributed by atoms with Crippen molar-refractivity contribution in [3.8, 4) is 11.9 Å². The van der Waals surface area contributed by atoms with Gasteiger partial charge in [-0.05, 0) is 52.7 Å². The van der Waals surface area contributed by atoms with Gasteiger partial charge in [0.25, 0.3) is 0 Å². The van der Waals surface area contributed by atoms with Crippen molar-refractivity contribution in [1.82, 2.24) is 9.29 Å². The second kappa shape index (κ2) is 6.89. The van der Waals surface area contributed by atoms with Crippen LogP contribution in [0.3, 0.4) is 0 Å². The van der Waals surface area contributed by atoms with Gasteiger partial charge in [-0.2, -0.15) is 9.57 Å². The maximum Gasteiger partial charge on any atom is 0.243 e. The maximum atomic E-state index is 12.6. The molecule has 0 saturated carbocycles. The zero-order valence-electron chi connectivity index (χ0n) is 12.6. The Morgan fingerprint density at radius 2 is 2.00 bits per heavy atom. The van der Waals surface area contributed by atoms with Gasteiger partial charge in [-0.1, -0.05) is 0 Å². The van der Waals surface area contributed by atoms with Crippen LogP contribution in [-0.2, 0) is 10.0 Å². The molecule has 2 heterocycles. The van der Waals surface area contributed by atoms with E-state index in [0.717, 1.165) is 4.47 Å². The zero-order chi connectivity index (χ0) is 17.2. The van der Waals surface area contributed by atoms with Crippen molar-refractivity contribution in [3.05, 3.63) is 52.6 Å². The first-order valence-electron chi connectivity index (χ1n) is 7.27. The van der Waals surface area contributed by atoms with Crippen LogP contribution in [-0.4, -0.2) is 36.9 Å². The molecule has 0 radical (unpaired) electrons. The number of sulfonamides is 1. The summed E-state index contributed by atoms with van der Waals surface area (Å²) in [5.74, 6) is 0.473. The minimum absolute atomic E-state index is 0.184. The highest BCUT2D eigenvalue weighted by Crippen LogP contribution is 2.24. The molecule has 0 N–H and O–H groups in total. The molecule has 1 saturated heterocycles. The Bertz CT molecular complexity index is 861. The summed E-state index contributed by atoms with van der Waals surface area (Å²) in [5.41, 5.74) is 0.429. The van der Waals surface area contributed by atoms with E-state index in [-0.39, 0.29) is 17.5 Å². The third-order valence-electron chi connectivity index (χ3n) is 3.72. The average molecular weight is 408 g/mol. The molecule has 6 nitrogen and oxygen atoms in total. The Hall–Kier alpha value is -1.95. The molecule has 0 aliphatic carbocycles. The lowest BCUT2D eigenvalue weighted by Crippen LogP contribution is -2.31. The molecule has 1 unspecified atom stereocenters. The first kappa shape index (κ1) is 16.9. The standard InChI is InChI=1S/C16H14BrN3O3S/c17-13-3-6-16(19-10-13)23-14-7-8-20(11-14)24(21,22)15-4-1-12(9-18)2-5-15/h1-6,10,14H,7-8,11H2. The van der Waals surface area contributed by atoms with Crippen LogP contribution in [0.1, 0.15) is 12.0 Å². The van der Waals surface area contributed by atoms with E-state index in [2.05, 4.69) is 20.9 Å². The number of hydrogen-bond donors (Lipinski definition) is 0. The van der Waals surface area contributed by atoms with Crippen LogP contribution < -0.4 is 4.74 Å². The normalized spacial score (nSPS) is 18.2. The number of hydrogen-bond acceptors (Lipinski definition) is 5. The van der Waals surface area contributed by atoms with E-state index in [1.807, 2.05) is 12.1 Å². The lowest BCUT2D eigenvalue weighted by atomic mass is 10.2. The third-order valence-corrected chi connectivity index (χ3v) is 6.07. The van der Waals surface area contributed by atoms with E-state index in [1.54, 1.807) is 12.3 Å². The van der Waals surface area contributed by atoms with E-state index in [4.69, 9.17) is 10.00 Å². The molecule has 1 atom stereocenters. The number of benzene rings is 1.